The van der Waals surface area contributed by atoms with Crippen LogP contribution in [0.15, 0.2) is 0 Å². The molecule has 0 bridgehead atoms. The highest BCUT2D eigenvalue weighted by molar-refractivity contribution is 5.78. The van der Waals surface area contributed by atoms with E-state index >= 15 is 0 Å². The average molecular weight is 225 g/mol. The Hall–Kier alpha value is -1.12. The zero-order chi connectivity index (χ0) is 12.0. The van der Waals surface area contributed by atoms with Crippen LogP contribution in [0.4, 0.5) is 0 Å². The molecule has 0 aliphatic heterocycles. The van der Waals surface area contributed by atoms with E-state index < -0.39 is 5.60 Å². The smallest absolute Gasteiger partial charge is 0.234 e. The molecule has 0 aromatic heterocycles. The van der Waals surface area contributed by atoms with Gasteiger partial charge in [0.25, 0.3) is 0 Å². The summed E-state index contributed by atoms with van der Waals surface area (Å²) in [5.41, 5.74) is -0.621. The van der Waals surface area contributed by atoms with Crippen LogP contribution in [0.25, 0.3) is 0 Å². The summed E-state index contributed by atoms with van der Waals surface area (Å²) in [6.45, 7) is 0.786. The monoisotopic (exact) mass is 225 g/mol. The SMILES string of the molecule is CN(CC(=O)NCC#N)CC1(O)CCCC1. The Balaban J connectivity index is 2.27. The molecule has 5 heteroatoms. The number of carbonyl (C=O) groups excluding carboxylic acids is 1. The second-order valence-corrected chi connectivity index (χ2v) is 4.54. The largest absolute Gasteiger partial charge is 0.389 e. The predicted molar refractivity (Wildman–Crippen MR) is 59.5 cm³/mol. The fraction of sp³-hybridized carbons (Fsp3) is 0.818. The van der Waals surface area contributed by atoms with Gasteiger partial charge in [0, 0.05) is 6.54 Å². The highest BCUT2D eigenvalue weighted by Gasteiger charge is 2.32. The Bertz CT molecular complexity index is 279. The van der Waals surface area contributed by atoms with E-state index in [0.29, 0.717) is 6.54 Å². The number of aliphatic hydroxyl groups is 1. The first-order valence-electron chi connectivity index (χ1n) is 5.60. The zero-order valence-electron chi connectivity index (χ0n) is 9.70. The van der Waals surface area contributed by atoms with Crippen molar-refractivity contribution in [2.24, 2.45) is 0 Å². The van der Waals surface area contributed by atoms with Crippen LogP contribution in [0, 0.1) is 11.3 Å². The van der Waals surface area contributed by atoms with Gasteiger partial charge in [0.15, 0.2) is 0 Å². The van der Waals surface area contributed by atoms with Gasteiger partial charge < -0.3 is 10.4 Å². The van der Waals surface area contributed by atoms with Crippen molar-refractivity contribution in [1.29, 1.82) is 5.26 Å². The van der Waals surface area contributed by atoms with Gasteiger partial charge in [-0.25, -0.2) is 0 Å². The third-order valence-corrected chi connectivity index (χ3v) is 2.88. The topological polar surface area (TPSA) is 76.4 Å². The summed E-state index contributed by atoms with van der Waals surface area (Å²) in [5.74, 6) is -0.175. The lowest BCUT2D eigenvalue weighted by Gasteiger charge is -2.28. The first kappa shape index (κ1) is 12.9. The molecular formula is C11H19N3O2. The van der Waals surface area contributed by atoms with Gasteiger partial charge in [-0.3, -0.25) is 9.69 Å². The number of carbonyl (C=O) groups is 1. The standard InChI is InChI=1S/C11H19N3O2/c1-14(8-10(15)13-7-6-12)9-11(16)4-2-3-5-11/h16H,2-5,7-9H2,1H3,(H,13,15). The Kier molecular flexibility index (Phi) is 4.71. The molecule has 1 amide bonds. The number of nitrogens with zero attached hydrogens (tertiary/aromatic N) is 2. The van der Waals surface area contributed by atoms with E-state index in [1.165, 1.54) is 0 Å². The lowest BCUT2D eigenvalue weighted by molar-refractivity contribution is -0.122. The molecule has 90 valence electrons. The van der Waals surface area contributed by atoms with Crippen molar-refractivity contribution >= 4 is 5.91 Å². The molecule has 1 fully saturated rings. The Morgan fingerprint density at radius 2 is 2.19 bits per heavy atom. The third kappa shape index (κ3) is 4.17. The van der Waals surface area contributed by atoms with Crippen LogP contribution in [0.1, 0.15) is 25.7 Å². The molecule has 0 atom stereocenters. The molecule has 2 N–H and O–H groups in total. The van der Waals surface area contributed by atoms with Gasteiger partial charge >= 0.3 is 0 Å². The van der Waals surface area contributed by atoms with Crippen LogP contribution in [0.2, 0.25) is 0 Å². The number of rotatable bonds is 5. The third-order valence-electron chi connectivity index (χ3n) is 2.88. The minimum absolute atomic E-state index is 0.0386. The van der Waals surface area contributed by atoms with Crippen molar-refractivity contribution in [2.45, 2.75) is 31.3 Å². The molecular weight excluding hydrogens is 206 g/mol. The number of likely N-dealkylation sites (N-methyl/N-ethyl adjacent to an activating group) is 1. The number of amides is 1. The summed E-state index contributed by atoms with van der Waals surface area (Å²) in [6, 6.07) is 1.85. The van der Waals surface area contributed by atoms with Gasteiger partial charge in [-0.2, -0.15) is 5.26 Å². The van der Waals surface area contributed by atoms with E-state index in [1.807, 2.05) is 13.1 Å². The van der Waals surface area contributed by atoms with Crippen molar-refractivity contribution in [2.75, 3.05) is 26.7 Å². The Labute approximate surface area is 96.0 Å². The first-order valence-corrected chi connectivity index (χ1v) is 5.60. The minimum atomic E-state index is -0.621. The number of nitriles is 1. The molecule has 1 saturated carbocycles. The summed E-state index contributed by atoms with van der Waals surface area (Å²) >= 11 is 0. The van der Waals surface area contributed by atoms with Gasteiger partial charge in [-0.05, 0) is 19.9 Å². The second-order valence-electron chi connectivity index (χ2n) is 4.54. The summed E-state index contributed by atoms with van der Waals surface area (Å²) in [4.78, 5) is 13.1. The van der Waals surface area contributed by atoms with Crippen LogP contribution in [0.3, 0.4) is 0 Å². The van der Waals surface area contributed by atoms with Crippen molar-refractivity contribution in [3.63, 3.8) is 0 Å². The molecule has 16 heavy (non-hydrogen) atoms. The Morgan fingerprint density at radius 3 is 2.75 bits per heavy atom. The number of hydrogen-bond donors (Lipinski definition) is 2. The molecule has 1 aliphatic rings. The lowest BCUT2D eigenvalue weighted by Crippen LogP contribution is -2.43. The highest BCUT2D eigenvalue weighted by atomic mass is 16.3. The minimum Gasteiger partial charge on any atom is -0.389 e. The molecule has 0 spiro atoms. The molecule has 1 rings (SSSR count). The molecule has 5 nitrogen and oxygen atoms in total. The normalized spacial score (nSPS) is 18.4. The summed E-state index contributed by atoms with van der Waals surface area (Å²) in [6.07, 6.45) is 3.75. The van der Waals surface area contributed by atoms with E-state index in [1.54, 1.807) is 4.90 Å². The van der Waals surface area contributed by atoms with Crippen molar-refractivity contribution < 1.29 is 9.90 Å². The van der Waals surface area contributed by atoms with Gasteiger partial charge in [0.1, 0.15) is 6.54 Å². The molecule has 0 radical (unpaired) electrons. The molecule has 0 aromatic rings. The van der Waals surface area contributed by atoms with E-state index in [9.17, 15) is 9.90 Å². The highest BCUT2D eigenvalue weighted by Crippen LogP contribution is 2.29. The molecule has 1 aliphatic carbocycles. The zero-order valence-corrected chi connectivity index (χ0v) is 9.70. The van der Waals surface area contributed by atoms with E-state index in [2.05, 4.69) is 5.32 Å². The number of hydrogen-bond acceptors (Lipinski definition) is 4. The number of nitrogens with one attached hydrogen (secondary N) is 1. The van der Waals surface area contributed by atoms with E-state index in [0.717, 1.165) is 25.7 Å². The van der Waals surface area contributed by atoms with Crippen LogP contribution in [-0.2, 0) is 4.79 Å². The fourth-order valence-corrected chi connectivity index (χ4v) is 2.19. The maximum absolute atomic E-state index is 11.3. The Morgan fingerprint density at radius 1 is 1.56 bits per heavy atom. The van der Waals surface area contributed by atoms with Crippen LogP contribution < -0.4 is 5.32 Å². The van der Waals surface area contributed by atoms with E-state index in [4.69, 9.17) is 5.26 Å². The summed E-state index contributed by atoms with van der Waals surface area (Å²) < 4.78 is 0. The first-order chi connectivity index (χ1) is 7.56. The average Bonchev–Trinajstić information content (AvgIpc) is 2.61. The lowest BCUT2D eigenvalue weighted by atomic mass is 10.0. The predicted octanol–water partition coefficient (Wildman–Crippen LogP) is -0.137. The van der Waals surface area contributed by atoms with Crippen molar-refractivity contribution in [1.82, 2.24) is 10.2 Å². The van der Waals surface area contributed by atoms with Gasteiger partial charge in [0.2, 0.25) is 5.91 Å². The van der Waals surface area contributed by atoms with E-state index in [-0.39, 0.29) is 19.0 Å². The molecule has 0 aromatic carbocycles. The molecule has 0 heterocycles. The molecule has 0 saturated heterocycles. The van der Waals surface area contributed by atoms with Gasteiger partial charge in [-0.1, -0.05) is 12.8 Å². The summed E-state index contributed by atoms with van der Waals surface area (Å²) in [5, 5.41) is 20.9. The molecule has 0 unspecified atom stereocenters. The van der Waals surface area contributed by atoms with Crippen LogP contribution in [0.5, 0.6) is 0 Å². The second kappa shape index (κ2) is 5.83. The van der Waals surface area contributed by atoms with Crippen molar-refractivity contribution in [3.05, 3.63) is 0 Å². The van der Waals surface area contributed by atoms with Crippen LogP contribution >= 0.6 is 0 Å². The maximum atomic E-state index is 11.3. The van der Waals surface area contributed by atoms with Crippen molar-refractivity contribution in [3.8, 4) is 6.07 Å². The fourth-order valence-electron chi connectivity index (χ4n) is 2.19. The maximum Gasteiger partial charge on any atom is 0.234 e. The quantitative estimate of drug-likeness (QED) is 0.639. The van der Waals surface area contributed by atoms with Gasteiger partial charge in [0.05, 0.1) is 18.2 Å². The van der Waals surface area contributed by atoms with Crippen LogP contribution in [-0.4, -0.2) is 48.2 Å². The summed E-state index contributed by atoms with van der Waals surface area (Å²) in [7, 11) is 1.81. The van der Waals surface area contributed by atoms with Gasteiger partial charge in [-0.15, -0.1) is 0 Å².